The monoisotopic (exact) mass is 587 g/mol. The molecule has 0 aromatic heterocycles. The summed E-state index contributed by atoms with van der Waals surface area (Å²) < 4.78 is 106. The second-order valence-electron chi connectivity index (χ2n) is 9.12. The summed E-state index contributed by atoms with van der Waals surface area (Å²) in [6.45, 7) is -0.907. The van der Waals surface area contributed by atoms with Crippen LogP contribution in [0.4, 0.5) is 46.9 Å². The highest BCUT2D eigenvalue weighted by atomic mass is 35.5. The van der Waals surface area contributed by atoms with Gasteiger partial charge in [0.05, 0.1) is 17.3 Å². The van der Waals surface area contributed by atoms with Crippen LogP contribution >= 0.6 is 11.6 Å². The number of carbonyl (C=O) groups is 2. The summed E-state index contributed by atoms with van der Waals surface area (Å²) in [5.74, 6) is -6.15. The predicted octanol–water partition coefficient (Wildman–Crippen LogP) is 6.47. The summed E-state index contributed by atoms with van der Waals surface area (Å²) >= 11 is 6.22. The number of rotatable bonds is 2. The van der Waals surface area contributed by atoms with Gasteiger partial charge in [0.25, 0.3) is 5.91 Å². The van der Waals surface area contributed by atoms with E-state index in [0.717, 1.165) is 30.3 Å². The molecule has 208 valence electrons. The van der Waals surface area contributed by atoms with Crippen LogP contribution < -0.4 is 25.0 Å². The van der Waals surface area contributed by atoms with Crippen molar-refractivity contribution in [3.63, 3.8) is 0 Å². The van der Waals surface area contributed by atoms with Crippen LogP contribution in [0.15, 0.2) is 42.5 Å². The van der Waals surface area contributed by atoms with E-state index in [1.165, 1.54) is 6.07 Å². The Labute approximate surface area is 224 Å². The van der Waals surface area contributed by atoms with E-state index < -0.39 is 77.2 Å². The van der Waals surface area contributed by atoms with Gasteiger partial charge in [0.2, 0.25) is 0 Å². The van der Waals surface area contributed by atoms with Crippen molar-refractivity contribution < 1.29 is 49.8 Å². The van der Waals surface area contributed by atoms with Gasteiger partial charge in [-0.1, -0.05) is 11.6 Å². The van der Waals surface area contributed by atoms with Crippen molar-refractivity contribution in [2.75, 3.05) is 16.8 Å². The molecule has 3 amide bonds. The molecular formula is C25H13ClF7N3O4. The Kier molecular flexibility index (Phi) is 5.63. The van der Waals surface area contributed by atoms with E-state index in [-0.39, 0.29) is 27.5 Å². The van der Waals surface area contributed by atoms with Crippen LogP contribution in [0.1, 0.15) is 39.0 Å². The fourth-order valence-electron chi connectivity index (χ4n) is 5.06. The summed E-state index contributed by atoms with van der Waals surface area (Å²) in [5.41, 5.74) is -1.69. The molecule has 0 aliphatic carbocycles. The molecule has 2 N–H and O–H groups in total. The molecule has 3 aromatic carbocycles. The minimum absolute atomic E-state index is 0.00554. The lowest BCUT2D eigenvalue weighted by Gasteiger charge is -2.22. The zero-order valence-electron chi connectivity index (χ0n) is 19.5. The summed E-state index contributed by atoms with van der Waals surface area (Å²) in [5, 5.41) is 4.78. The molecule has 0 saturated heterocycles. The van der Waals surface area contributed by atoms with Gasteiger partial charge in [0, 0.05) is 34.4 Å². The largest absolute Gasteiger partial charge is 0.586 e. The molecule has 15 heteroatoms. The first-order valence-corrected chi connectivity index (χ1v) is 11.8. The van der Waals surface area contributed by atoms with Crippen molar-refractivity contribution in [3.8, 4) is 11.5 Å². The maximum atomic E-state index is 14.1. The number of alkyl halides is 5. The third-order valence-electron chi connectivity index (χ3n) is 6.70. The summed E-state index contributed by atoms with van der Waals surface area (Å²) in [6, 6.07) is 4.21. The smallest absolute Gasteiger partial charge is 0.395 e. The Morgan fingerprint density at radius 1 is 1.05 bits per heavy atom. The minimum Gasteiger partial charge on any atom is -0.395 e. The van der Waals surface area contributed by atoms with Crippen molar-refractivity contribution >= 4 is 34.9 Å². The zero-order valence-corrected chi connectivity index (χ0v) is 20.3. The molecule has 3 aliphatic rings. The lowest BCUT2D eigenvalue weighted by Crippen LogP contribution is -2.36. The first-order chi connectivity index (χ1) is 18.7. The Hall–Kier alpha value is -4.20. The van der Waals surface area contributed by atoms with Gasteiger partial charge in [-0.15, -0.1) is 8.78 Å². The summed E-state index contributed by atoms with van der Waals surface area (Å²) in [6.07, 6.45) is -9.00. The van der Waals surface area contributed by atoms with Crippen molar-refractivity contribution in [1.29, 1.82) is 0 Å². The third kappa shape index (κ3) is 4.13. The molecule has 2 atom stereocenters. The maximum Gasteiger partial charge on any atom is 0.586 e. The van der Waals surface area contributed by atoms with Crippen LogP contribution in [0.2, 0.25) is 5.02 Å². The van der Waals surface area contributed by atoms with E-state index in [1.807, 2.05) is 0 Å². The number of ether oxygens (including phenoxy) is 2. The number of nitrogens with one attached hydrogen (secondary N) is 2. The SMILES string of the molecule is O=C1N[C@@H](c2cc(F)ccc2Cl)c2c(NC(=O)N3C[C@H](C(F)(F)F)c4cc(F)ccc43)cc3c(c21)OC(F)(F)O3. The number of hydrogen-bond donors (Lipinski definition) is 2. The molecule has 3 aromatic rings. The predicted molar refractivity (Wildman–Crippen MR) is 125 cm³/mol. The second-order valence-corrected chi connectivity index (χ2v) is 9.53. The Morgan fingerprint density at radius 2 is 1.73 bits per heavy atom. The molecule has 40 heavy (non-hydrogen) atoms. The molecule has 0 saturated carbocycles. The number of benzene rings is 3. The number of fused-ring (bicyclic) bond motifs is 4. The highest BCUT2D eigenvalue weighted by Gasteiger charge is 2.51. The van der Waals surface area contributed by atoms with Crippen LogP contribution in [-0.2, 0) is 0 Å². The van der Waals surface area contributed by atoms with Crippen LogP contribution in [0, 0.1) is 11.6 Å². The number of amides is 3. The highest BCUT2D eigenvalue weighted by molar-refractivity contribution is 6.31. The van der Waals surface area contributed by atoms with Crippen LogP contribution in [-0.4, -0.2) is 31.0 Å². The topological polar surface area (TPSA) is 79.9 Å². The number of nitrogens with zero attached hydrogens (tertiary/aromatic N) is 1. The minimum atomic E-state index is -4.82. The van der Waals surface area contributed by atoms with Crippen molar-refractivity contribution in [2.45, 2.75) is 24.4 Å². The third-order valence-corrected chi connectivity index (χ3v) is 7.04. The van der Waals surface area contributed by atoms with Crippen molar-refractivity contribution in [2.24, 2.45) is 0 Å². The Morgan fingerprint density at radius 3 is 2.42 bits per heavy atom. The van der Waals surface area contributed by atoms with Crippen molar-refractivity contribution in [1.82, 2.24) is 5.32 Å². The second kappa shape index (κ2) is 8.65. The first kappa shape index (κ1) is 26.0. The average Bonchev–Trinajstić information content (AvgIpc) is 3.50. The lowest BCUT2D eigenvalue weighted by molar-refractivity contribution is -0.286. The first-order valence-electron chi connectivity index (χ1n) is 11.4. The summed E-state index contributed by atoms with van der Waals surface area (Å²) in [4.78, 5) is 27.0. The molecular weight excluding hydrogens is 575 g/mol. The van der Waals surface area contributed by atoms with E-state index in [0.29, 0.717) is 11.0 Å². The van der Waals surface area contributed by atoms with E-state index in [9.17, 15) is 40.3 Å². The molecule has 0 radical (unpaired) electrons. The molecule has 0 spiro atoms. The van der Waals surface area contributed by atoms with Gasteiger partial charge in [-0.2, -0.15) is 13.2 Å². The lowest BCUT2D eigenvalue weighted by atomic mass is 9.95. The fourth-order valence-corrected chi connectivity index (χ4v) is 5.28. The van der Waals surface area contributed by atoms with Gasteiger partial charge in [-0.05, 0) is 42.0 Å². The van der Waals surface area contributed by atoms with Crippen LogP contribution in [0.25, 0.3) is 0 Å². The van der Waals surface area contributed by atoms with Gasteiger partial charge >= 0.3 is 18.5 Å². The van der Waals surface area contributed by atoms with E-state index >= 15 is 0 Å². The maximum absolute atomic E-state index is 14.1. The van der Waals surface area contributed by atoms with Crippen LogP contribution in [0.3, 0.4) is 0 Å². The molecule has 3 heterocycles. The number of hydrogen-bond acceptors (Lipinski definition) is 4. The Balaban J connectivity index is 1.46. The van der Waals surface area contributed by atoms with Crippen LogP contribution in [0.5, 0.6) is 11.5 Å². The molecule has 6 rings (SSSR count). The van der Waals surface area contributed by atoms with Gasteiger partial charge in [0.1, 0.15) is 17.6 Å². The molecule has 0 bridgehead atoms. The number of carbonyl (C=O) groups excluding carboxylic acids is 2. The Bertz CT molecular complexity index is 1610. The standard InChI is InChI=1S/C25H13ClF7N3O4/c26-14-3-1-9(27)6-12(14)20-18-15(7-17-21(19(18)22(37)35-20)40-25(32,33)39-17)34-23(38)36-8-13(24(29,30)31)11-5-10(28)2-4-16(11)36/h1-7,13,20H,8H2,(H,34,38)(H,35,37)/t13-,20-/m0/s1. The van der Waals surface area contributed by atoms with E-state index in [4.69, 9.17) is 11.6 Å². The normalized spacial score (nSPS) is 20.3. The molecule has 7 nitrogen and oxygen atoms in total. The molecule has 3 aliphatic heterocycles. The summed E-state index contributed by atoms with van der Waals surface area (Å²) in [7, 11) is 0. The highest BCUT2D eigenvalue weighted by Crippen LogP contribution is 2.52. The zero-order chi connectivity index (χ0) is 28.7. The van der Waals surface area contributed by atoms with Gasteiger partial charge < -0.3 is 20.1 Å². The van der Waals surface area contributed by atoms with Gasteiger partial charge in [-0.3, -0.25) is 9.69 Å². The van der Waals surface area contributed by atoms with Gasteiger partial charge in [-0.25, -0.2) is 13.6 Å². The molecule has 0 fully saturated rings. The average molecular weight is 588 g/mol. The number of halogens is 8. The molecule has 0 unspecified atom stereocenters. The number of urea groups is 1. The van der Waals surface area contributed by atoms with Gasteiger partial charge in [0.15, 0.2) is 11.5 Å². The van der Waals surface area contributed by atoms with E-state index in [1.54, 1.807) is 0 Å². The fraction of sp³-hybridized carbons (Fsp3) is 0.200. The van der Waals surface area contributed by atoms with E-state index in [2.05, 4.69) is 20.1 Å². The quantitative estimate of drug-likeness (QED) is 0.337. The van der Waals surface area contributed by atoms with Crippen molar-refractivity contribution in [3.05, 3.63) is 81.4 Å². The number of anilines is 2.